The molecular formula is C28H33O13P. The van der Waals surface area contributed by atoms with Crippen molar-refractivity contribution in [3.05, 3.63) is 71.8 Å². The summed E-state index contributed by atoms with van der Waals surface area (Å²) in [6.45, 7) is 3.52. The molecule has 3 rings (SSSR count). The fourth-order valence-electron chi connectivity index (χ4n) is 3.95. The molecule has 1 aliphatic rings. The van der Waals surface area contributed by atoms with Gasteiger partial charge in [-0.15, -0.1) is 0 Å². The summed E-state index contributed by atoms with van der Waals surface area (Å²) in [6.07, 6.45) is -7.62. The highest BCUT2D eigenvalue weighted by atomic mass is 31.2. The molecule has 0 spiro atoms. The van der Waals surface area contributed by atoms with Gasteiger partial charge in [0.25, 0.3) is 0 Å². The molecule has 0 aromatic heterocycles. The summed E-state index contributed by atoms with van der Waals surface area (Å²) in [5, 5.41) is 0. The van der Waals surface area contributed by atoms with Crippen molar-refractivity contribution in [3.8, 4) is 0 Å². The molecule has 0 aliphatic carbocycles. The van der Waals surface area contributed by atoms with Crippen molar-refractivity contribution in [1.82, 2.24) is 0 Å². The maximum atomic E-state index is 14.1. The fraction of sp³-hybridized carbons (Fsp3) is 0.429. The Hall–Kier alpha value is -3.61. The highest BCUT2D eigenvalue weighted by Gasteiger charge is 2.55. The predicted molar refractivity (Wildman–Crippen MR) is 143 cm³/mol. The van der Waals surface area contributed by atoms with E-state index in [1.807, 2.05) is 0 Å². The lowest BCUT2D eigenvalue weighted by Crippen LogP contribution is -2.62. The average molecular weight is 609 g/mol. The third kappa shape index (κ3) is 10.3. The van der Waals surface area contributed by atoms with Crippen molar-refractivity contribution < 1.29 is 61.0 Å². The molecule has 0 bridgehead atoms. The van der Waals surface area contributed by atoms with Gasteiger partial charge in [0.1, 0.15) is 12.7 Å². The highest BCUT2D eigenvalue weighted by Crippen LogP contribution is 2.53. The van der Waals surface area contributed by atoms with Gasteiger partial charge < -0.3 is 23.7 Å². The van der Waals surface area contributed by atoms with Crippen molar-refractivity contribution in [2.45, 2.75) is 71.6 Å². The monoisotopic (exact) mass is 608 g/mol. The molecule has 0 unspecified atom stereocenters. The fourth-order valence-corrected chi connectivity index (χ4v) is 5.19. The number of carbonyl (C=O) groups excluding carboxylic acids is 4. The second-order valence-corrected chi connectivity index (χ2v) is 10.8. The van der Waals surface area contributed by atoms with Crippen LogP contribution in [0.2, 0.25) is 0 Å². The lowest BCUT2D eigenvalue weighted by Gasteiger charge is -2.44. The van der Waals surface area contributed by atoms with Crippen LogP contribution in [0.3, 0.4) is 0 Å². The zero-order valence-corrected chi connectivity index (χ0v) is 24.4. The Labute approximate surface area is 242 Å². The van der Waals surface area contributed by atoms with Gasteiger partial charge in [-0.25, -0.2) is 4.57 Å². The van der Waals surface area contributed by atoms with Crippen LogP contribution < -0.4 is 0 Å². The van der Waals surface area contributed by atoms with E-state index in [0.717, 1.165) is 27.7 Å². The Bertz CT molecular complexity index is 1210. The Kier molecular flexibility index (Phi) is 12.2. The number of hydrogen-bond donors (Lipinski definition) is 0. The number of rotatable bonds is 13. The number of carbonyl (C=O) groups is 4. The summed E-state index contributed by atoms with van der Waals surface area (Å²) in [5.74, 6) is -3.16. The van der Waals surface area contributed by atoms with E-state index in [2.05, 4.69) is 0 Å². The summed E-state index contributed by atoms with van der Waals surface area (Å²) in [7, 11) is -4.54. The van der Waals surface area contributed by atoms with E-state index in [1.165, 1.54) is 0 Å². The molecule has 0 saturated carbocycles. The number of esters is 4. The predicted octanol–water partition coefficient (Wildman–Crippen LogP) is 3.63. The van der Waals surface area contributed by atoms with Crippen molar-refractivity contribution in [2.24, 2.45) is 0 Å². The molecule has 13 nitrogen and oxygen atoms in total. The zero-order chi connectivity index (χ0) is 30.7. The van der Waals surface area contributed by atoms with E-state index in [1.54, 1.807) is 60.7 Å². The van der Waals surface area contributed by atoms with E-state index in [-0.39, 0.29) is 13.2 Å². The summed E-state index contributed by atoms with van der Waals surface area (Å²) >= 11 is 0. The zero-order valence-electron chi connectivity index (χ0n) is 23.5. The van der Waals surface area contributed by atoms with Crippen LogP contribution >= 0.6 is 7.82 Å². The second-order valence-electron chi connectivity index (χ2n) is 9.14. The molecule has 0 N–H and O–H groups in total. The first-order valence-electron chi connectivity index (χ1n) is 12.9. The van der Waals surface area contributed by atoms with Crippen molar-refractivity contribution >= 4 is 31.7 Å². The van der Waals surface area contributed by atoms with Gasteiger partial charge in [0.05, 0.1) is 13.2 Å². The van der Waals surface area contributed by atoms with Gasteiger partial charge in [0, 0.05) is 27.7 Å². The Morgan fingerprint density at radius 3 is 1.57 bits per heavy atom. The minimum absolute atomic E-state index is 0.196. The van der Waals surface area contributed by atoms with Crippen molar-refractivity contribution in [3.63, 3.8) is 0 Å². The maximum absolute atomic E-state index is 14.1. The van der Waals surface area contributed by atoms with E-state index < -0.39 is 69.0 Å². The smallest absolute Gasteiger partial charge is 0.463 e. The van der Waals surface area contributed by atoms with Gasteiger partial charge in [-0.05, 0) is 11.1 Å². The quantitative estimate of drug-likeness (QED) is 0.184. The van der Waals surface area contributed by atoms with E-state index in [9.17, 15) is 23.7 Å². The van der Waals surface area contributed by atoms with Crippen LogP contribution in [0.15, 0.2) is 60.7 Å². The van der Waals surface area contributed by atoms with Gasteiger partial charge in [-0.1, -0.05) is 60.7 Å². The number of benzene rings is 2. The Morgan fingerprint density at radius 2 is 1.12 bits per heavy atom. The third-order valence-corrected chi connectivity index (χ3v) is 7.00. The van der Waals surface area contributed by atoms with E-state index in [4.69, 9.17) is 37.3 Å². The van der Waals surface area contributed by atoms with Gasteiger partial charge >= 0.3 is 31.7 Å². The molecule has 228 valence electrons. The van der Waals surface area contributed by atoms with Gasteiger partial charge in [-0.3, -0.25) is 32.7 Å². The largest absolute Gasteiger partial charge is 0.477 e. The van der Waals surface area contributed by atoms with Crippen LogP contribution in [-0.2, 0) is 74.2 Å². The van der Waals surface area contributed by atoms with Crippen LogP contribution in [0.25, 0.3) is 0 Å². The summed E-state index contributed by atoms with van der Waals surface area (Å²) in [5.41, 5.74) is 1.29. The lowest BCUT2D eigenvalue weighted by molar-refractivity contribution is -0.292. The normalized spacial score (nSPS) is 22.0. The third-order valence-electron chi connectivity index (χ3n) is 5.65. The molecule has 0 radical (unpaired) electrons. The standard InChI is InChI=1S/C28H33O13P/c1-18(29)34-17-24-25(37-19(2)30)26(38-20(3)31)27(39-21(4)32)28(40-24)41-42(33,35-15-22-11-7-5-8-12-22)36-16-23-13-9-6-10-14-23/h5-14,24-28H,15-17H2,1-4H3/t24-,25+,26+,27-,28+/m1/s1. The van der Waals surface area contributed by atoms with Crippen molar-refractivity contribution in [2.75, 3.05) is 6.61 Å². The summed E-state index contributed by atoms with van der Waals surface area (Å²) in [4.78, 5) is 47.7. The minimum atomic E-state index is -4.54. The minimum Gasteiger partial charge on any atom is -0.463 e. The molecule has 1 saturated heterocycles. The number of phosphoric ester groups is 1. The number of ether oxygens (including phenoxy) is 5. The molecule has 0 amide bonds. The molecular weight excluding hydrogens is 575 g/mol. The SMILES string of the molecule is CC(=O)OC[C@H]1O[C@@H](OP(=O)(OCc2ccccc2)OCc2ccccc2)[C@H](OC(C)=O)[C@@H](OC(C)=O)[C@H]1OC(C)=O. The Balaban J connectivity index is 1.98. The van der Waals surface area contributed by atoms with Crippen LogP contribution in [0, 0.1) is 0 Å². The number of hydrogen-bond acceptors (Lipinski definition) is 13. The molecule has 1 fully saturated rings. The first-order chi connectivity index (χ1) is 20.0. The van der Waals surface area contributed by atoms with Crippen LogP contribution in [0.1, 0.15) is 38.8 Å². The average Bonchev–Trinajstić information content (AvgIpc) is 2.93. The van der Waals surface area contributed by atoms with Crippen LogP contribution in [-0.4, -0.2) is 61.2 Å². The second kappa shape index (κ2) is 15.6. The first kappa shape index (κ1) is 32.9. The van der Waals surface area contributed by atoms with E-state index in [0.29, 0.717) is 11.1 Å². The molecule has 2 aromatic rings. The highest BCUT2D eigenvalue weighted by molar-refractivity contribution is 7.48. The molecule has 1 heterocycles. The summed E-state index contributed by atoms with van der Waals surface area (Å²) in [6, 6.07) is 17.6. The molecule has 5 atom stereocenters. The van der Waals surface area contributed by atoms with Gasteiger partial charge in [-0.2, -0.15) is 0 Å². The maximum Gasteiger partial charge on any atom is 0.477 e. The van der Waals surface area contributed by atoms with Gasteiger partial charge in [0.15, 0.2) is 18.3 Å². The van der Waals surface area contributed by atoms with Crippen LogP contribution in [0.4, 0.5) is 0 Å². The molecule has 2 aromatic carbocycles. The van der Waals surface area contributed by atoms with Crippen molar-refractivity contribution in [1.29, 1.82) is 0 Å². The van der Waals surface area contributed by atoms with Crippen LogP contribution in [0.5, 0.6) is 0 Å². The Morgan fingerprint density at radius 1 is 0.667 bits per heavy atom. The summed E-state index contributed by atoms with van der Waals surface area (Å²) < 4.78 is 58.2. The lowest BCUT2D eigenvalue weighted by atomic mass is 9.98. The van der Waals surface area contributed by atoms with E-state index >= 15 is 0 Å². The molecule has 42 heavy (non-hydrogen) atoms. The molecule has 14 heteroatoms. The van der Waals surface area contributed by atoms with Gasteiger partial charge in [0.2, 0.25) is 6.29 Å². The first-order valence-corrected chi connectivity index (χ1v) is 14.4. The molecule has 1 aliphatic heterocycles. The topological polar surface area (TPSA) is 159 Å². The number of phosphoric acid groups is 1.